The number of benzene rings is 2. The van der Waals surface area contributed by atoms with Crippen molar-refractivity contribution in [1.82, 2.24) is 29.6 Å². The summed E-state index contributed by atoms with van der Waals surface area (Å²) in [4.78, 5) is 25.9. The van der Waals surface area contributed by atoms with E-state index in [0.717, 1.165) is 33.8 Å². The fraction of sp³-hybridized carbons (Fsp3) is 0.240. The van der Waals surface area contributed by atoms with Gasteiger partial charge in [0.25, 0.3) is 5.95 Å². The minimum absolute atomic E-state index is 0.0118. The number of ether oxygens (including phenoxy) is 1. The molecule has 4 rings (SSSR count). The predicted octanol–water partition coefficient (Wildman–Crippen LogP) is 2.08. The van der Waals surface area contributed by atoms with Crippen LogP contribution >= 0.6 is 0 Å². The number of hydrogen-bond acceptors (Lipinski definition) is 8. The van der Waals surface area contributed by atoms with Gasteiger partial charge in [0.1, 0.15) is 24.2 Å². The Morgan fingerprint density at radius 2 is 1.92 bits per heavy atom. The molecule has 2 aromatic heterocycles. The van der Waals surface area contributed by atoms with Crippen LogP contribution in [0.25, 0.3) is 5.95 Å². The molecule has 186 valence electrons. The number of nitrogens with zero attached hydrogens (tertiary/aromatic N) is 5. The highest BCUT2D eigenvalue weighted by Crippen LogP contribution is 2.28. The van der Waals surface area contributed by atoms with E-state index in [0.29, 0.717) is 18.0 Å². The lowest BCUT2D eigenvalue weighted by atomic mass is 10.0. The molecule has 0 aliphatic carbocycles. The number of anilines is 1. The van der Waals surface area contributed by atoms with E-state index in [1.807, 2.05) is 51.4 Å². The zero-order valence-corrected chi connectivity index (χ0v) is 20.4. The molecule has 0 amide bonds. The van der Waals surface area contributed by atoms with Crippen molar-refractivity contribution in [3.05, 3.63) is 93.9 Å². The smallest absolute Gasteiger partial charge is 0.350 e. The van der Waals surface area contributed by atoms with E-state index in [9.17, 15) is 4.79 Å². The number of aryl methyl sites for hydroxylation is 1. The lowest BCUT2D eigenvalue weighted by molar-refractivity contribution is 0.261. The summed E-state index contributed by atoms with van der Waals surface area (Å²) < 4.78 is 7.12. The Bertz CT molecular complexity index is 1380. The highest BCUT2D eigenvalue weighted by Gasteiger charge is 2.22. The molecule has 5 N–H and O–H groups in total. The normalized spacial score (nSPS) is 11.9. The van der Waals surface area contributed by atoms with Crippen molar-refractivity contribution in [2.75, 3.05) is 32.6 Å². The fourth-order valence-electron chi connectivity index (χ4n) is 3.60. The van der Waals surface area contributed by atoms with Crippen molar-refractivity contribution in [1.29, 1.82) is 5.41 Å². The second-order valence-electron chi connectivity index (χ2n) is 8.58. The standard InChI is InChI=1S/C25H29N9O2/c1-16-13-18(15-20(14-16)36-12-11-33(2)3)21(30-19-7-5-17(6-8-19)22(26)27)23-31-25(35)34(32-23)24-28-9-4-10-29-24/h4-10,13-15,21,30H,11-12H2,1-3H3,(H3,26,27)(H,31,32,35). The van der Waals surface area contributed by atoms with Crippen molar-refractivity contribution in [3.63, 3.8) is 0 Å². The van der Waals surface area contributed by atoms with Crippen molar-refractivity contribution in [2.45, 2.75) is 13.0 Å². The van der Waals surface area contributed by atoms with Crippen LogP contribution in [0.5, 0.6) is 5.75 Å². The number of H-pyrrole nitrogens is 1. The third-order valence-electron chi connectivity index (χ3n) is 5.37. The number of amidine groups is 1. The van der Waals surface area contributed by atoms with Crippen LogP contribution in [0.15, 0.2) is 65.7 Å². The van der Waals surface area contributed by atoms with Gasteiger partial charge in [-0.15, -0.1) is 9.78 Å². The molecule has 1 unspecified atom stereocenters. The Morgan fingerprint density at radius 1 is 1.19 bits per heavy atom. The van der Waals surface area contributed by atoms with Gasteiger partial charge in [-0.2, -0.15) is 0 Å². The Hall–Kier alpha value is -4.51. The van der Waals surface area contributed by atoms with Crippen LogP contribution in [0, 0.1) is 12.3 Å². The zero-order valence-electron chi connectivity index (χ0n) is 20.4. The Kier molecular flexibility index (Phi) is 7.40. The number of aromatic nitrogens is 5. The molecule has 11 nitrogen and oxygen atoms in total. The van der Waals surface area contributed by atoms with Gasteiger partial charge in [0.05, 0.1) is 0 Å². The molecule has 36 heavy (non-hydrogen) atoms. The van der Waals surface area contributed by atoms with Crippen LogP contribution in [0.4, 0.5) is 5.69 Å². The molecule has 0 spiro atoms. The quantitative estimate of drug-likeness (QED) is 0.196. The maximum Gasteiger partial charge on any atom is 0.350 e. The molecule has 11 heteroatoms. The van der Waals surface area contributed by atoms with Gasteiger partial charge >= 0.3 is 5.69 Å². The molecular formula is C25H29N9O2. The van der Waals surface area contributed by atoms with Gasteiger partial charge in [-0.3, -0.25) is 10.4 Å². The third kappa shape index (κ3) is 5.94. The summed E-state index contributed by atoms with van der Waals surface area (Å²) in [5, 5.41) is 15.6. The molecule has 0 fully saturated rings. The lowest BCUT2D eigenvalue weighted by Crippen LogP contribution is -2.20. The number of nitrogen functional groups attached to an aromatic ring is 1. The molecular weight excluding hydrogens is 458 g/mol. The molecule has 0 radical (unpaired) electrons. The SMILES string of the molecule is Cc1cc(OCCN(C)C)cc(C(Nc2ccc(C(=N)N)cc2)c2nn(-c3ncccn3)c(=O)[nH]2)c1. The first-order valence-corrected chi connectivity index (χ1v) is 11.4. The molecule has 0 saturated carbocycles. The number of hydrogen-bond donors (Lipinski definition) is 4. The van der Waals surface area contributed by atoms with Crippen LogP contribution in [0.3, 0.4) is 0 Å². The van der Waals surface area contributed by atoms with Gasteiger partial charge in [0.2, 0.25) is 0 Å². The number of likely N-dealkylation sites (N-methyl/N-ethyl adjacent to an activating group) is 1. The summed E-state index contributed by atoms with van der Waals surface area (Å²) in [6.07, 6.45) is 3.10. The van der Waals surface area contributed by atoms with Crippen molar-refractivity contribution < 1.29 is 4.74 Å². The van der Waals surface area contributed by atoms with E-state index in [4.69, 9.17) is 15.9 Å². The van der Waals surface area contributed by atoms with Crippen molar-refractivity contribution in [3.8, 4) is 11.7 Å². The molecule has 1 atom stereocenters. The Labute approximate surface area is 208 Å². The first-order chi connectivity index (χ1) is 17.3. The maximum atomic E-state index is 12.8. The Morgan fingerprint density at radius 3 is 2.58 bits per heavy atom. The topological polar surface area (TPSA) is 151 Å². The van der Waals surface area contributed by atoms with Gasteiger partial charge in [-0.25, -0.2) is 14.8 Å². The highest BCUT2D eigenvalue weighted by molar-refractivity contribution is 5.95. The number of nitrogens with two attached hydrogens (primary N) is 1. The van der Waals surface area contributed by atoms with Crippen molar-refractivity contribution in [2.24, 2.45) is 5.73 Å². The predicted molar refractivity (Wildman–Crippen MR) is 138 cm³/mol. The minimum atomic E-state index is -0.526. The molecule has 2 heterocycles. The van der Waals surface area contributed by atoms with Crippen molar-refractivity contribution >= 4 is 11.5 Å². The van der Waals surface area contributed by atoms with Crippen LogP contribution in [-0.2, 0) is 0 Å². The maximum absolute atomic E-state index is 12.8. The Balaban J connectivity index is 1.73. The van der Waals surface area contributed by atoms with Crippen LogP contribution in [0.1, 0.15) is 28.6 Å². The summed E-state index contributed by atoms with van der Waals surface area (Å²) in [6.45, 7) is 3.31. The van der Waals surface area contributed by atoms with Gasteiger partial charge in [-0.05, 0) is 74.6 Å². The molecule has 0 aliphatic rings. The first kappa shape index (κ1) is 24.6. The number of aromatic amines is 1. The summed E-state index contributed by atoms with van der Waals surface area (Å²) in [7, 11) is 3.98. The van der Waals surface area contributed by atoms with Gasteiger partial charge in [-0.1, -0.05) is 6.07 Å². The van der Waals surface area contributed by atoms with E-state index in [1.165, 1.54) is 0 Å². The highest BCUT2D eigenvalue weighted by atomic mass is 16.5. The molecule has 0 aliphatic heterocycles. The monoisotopic (exact) mass is 487 g/mol. The largest absolute Gasteiger partial charge is 0.492 e. The average molecular weight is 488 g/mol. The summed E-state index contributed by atoms with van der Waals surface area (Å²) in [6, 6.07) is 14.2. The molecule has 2 aromatic carbocycles. The average Bonchev–Trinajstić information content (AvgIpc) is 3.24. The number of rotatable bonds is 10. The zero-order chi connectivity index (χ0) is 25.7. The van der Waals surface area contributed by atoms with E-state index >= 15 is 0 Å². The van der Waals surface area contributed by atoms with E-state index in [2.05, 4.69) is 30.3 Å². The van der Waals surface area contributed by atoms with E-state index < -0.39 is 11.7 Å². The van der Waals surface area contributed by atoms with Crippen LogP contribution in [-0.4, -0.2) is 62.7 Å². The fourth-order valence-corrected chi connectivity index (χ4v) is 3.60. The summed E-state index contributed by atoms with van der Waals surface area (Å²) >= 11 is 0. The van der Waals surface area contributed by atoms with E-state index in [1.54, 1.807) is 30.6 Å². The third-order valence-corrected chi connectivity index (χ3v) is 5.37. The summed E-state index contributed by atoms with van der Waals surface area (Å²) in [5.41, 5.74) is 8.36. The van der Waals surface area contributed by atoms with Gasteiger partial charge < -0.3 is 20.7 Å². The van der Waals surface area contributed by atoms with Gasteiger partial charge in [0, 0.05) is 30.2 Å². The van der Waals surface area contributed by atoms with E-state index in [-0.39, 0.29) is 11.8 Å². The van der Waals surface area contributed by atoms with Gasteiger partial charge in [0.15, 0.2) is 5.82 Å². The van der Waals surface area contributed by atoms with Crippen LogP contribution in [0.2, 0.25) is 0 Å². The molecule has 0 saturated heterocycles. The van der Waals surface area contributed by atoms with Crippen LogP contribution < -0.4 is 21.5 Å². The number of nitrogens with one attached hydrogen (secondary N) is 3. The lowest BCUT2D eigenvalue weighted by Gasteiger charge is -2.20. The second-order valence-corrected chi connectivity index (χ2v) is 8.58. The molecule has 0 bridgehead atoms. The minimum Gasteiger partial charge on any atom is -0.492 e. The first-order valence-electron chi connectivity index (χ1n) is 11.4. The summed E-state index contributed by atoms with van der Waals surface area (Å²) in [5.74, 6) is 1.26. The second kappa shape index (κ2) is 10.8. The molecule has 4 aromatic rings.